The van der Waals surface area contributed by atoms with Crippen molar-refractivity contribution in [3.63, 3.8) is 0 Å². The first kappa shape index (κ1) is 19.5. The van der Waals surface area contributed by atoms with E-state index < -0.39 is 34.9 Å². The molecule has 0 saturated carbocycles. The maximum absolute atomic E-state index is 14.1. The lowest BCUT2D eigenvalue weighted by molar-refractivity contribution is -0.141. The van der Waals surface area contributed by atoms with Crippen LogP contribution in [0.3, 0.4) is 0 Å². The number of pyridine rings is 1. The normalized spacial score (nSPS) is 12.2. The minimum absolute atomic E-state index is 0.0401. The fraction of sp³-hybridized carbons (Fsp3) is 0.250. The van der Waals surface area contributed by atoms with Crippen LogP contribution in [0, 0.1) is 17.6 Å². The highest BCUT2D eigenvalue weighted by Crippen LogP contribution is 2.21. The number of nitrogens with one attached hydrogen (secondary N) is 2. The lowest BCUT2D eigenvalue weighted by atomic mass is 10.0. The molecule has 1 heterocycles. The first-order valence-electron chi connectivity index (χ1n) is 8.77. The Morgan fingerprint density at radius 3 is 2.54 bits per heavy atom. The number of rotatable bonds is 6. The quantitative estimate of drug-likeness (QED) is 0.565. The summed E-state index contributed by atoms with van der Waals surface area (Å²) in [6.07, 6.45) is 1.01. The minimum atomic E-state index is -1.03. The van der Waals surface area contributed by atoms with Gasteiger partial charge in [-0.2, -0.15) is 0 Å². The summed E-state index contributed by atoms with van der Waals surface area (Å²) in [7, 11) is 0. The molecule has 3 aromatic rings. The van der Waals surface area contributed by atoms with E-state index in [1.807, 2.05) is 6.92 Å². The number of amides is 1. The van der Waals surface area contributed by atoms with Crippen LogP contribution in [0.1, 0.15) is 30.1 Å². The van der Waals surface area contributed by atoms with Crippen LogP contribution in [-0.2, 0) is 4.79 Å². The van der Waals surface area contributed by atoms with E-state index in [0.717, 1.165) is 24.3 Å². The molecule has 0 fully saturated rings. The summed E-state index contributed by atoms with van der Waals surface area (Å²) in [6.45, 7) is 1.71. The van der Waals surface area contributed by atoms with Crippen LogP contribution in [0.5, 0.6) is 0 Å². The van der Waals surface area contributed by atoms with Gasteiger partial charge in [-0.05, 0) is 36.8 Å². The van der Waals surface area contributed by atoms with Gasteiger partial charge in [-0.15, -0.1) is 0 Å². The molecule has 3 rings (SSSR count). The zero-order valence-corrected chi connectivity index (χ0v) is 15.0. The number of fused-ring (bicyclic) bond motifs is 2. The topological polar surface area (TPSA) is 99.3 Å². The summed E-state index contributed by atoms with van der Waals surface area (Å²) in [5.41, 5.74) is -0.329. The molecule has 0 radical (unpaired) electrons. The zero-order chi connectivity index (χ0) is 20.4. The molecular weight excluding hydrogens is 370 g/mol. The van der Waals surface area contributed by atoms with E-state index in [9.17, 15) is 28.3 Å². The Bertz CT molecular complexity index is 1140. The highest BCUT2D eigenvalue weighted by atomic mass is 19.1. The van der Waals surface area contributed by atoms with Crippen molar-refractivity contribution < 1.29 is 23.5 Å². The summed E-state index contributed by atoms with van der Waals surface area (Å²) in [5.74, 6) is -3.92. The molecule has 0 saturated heterocycles. The molecule has 0 aliphatic carbocycles. The molecule has 146 valence electrons. The third-order valence-corrected chi connectivity index (χ3v) is 4.57. The Morgan fingerprint density at radius 1 is 1.14 bits per heavy atom. The van der Waals surface area contributed by atoms with E-state index in [1.54, 1.807) is 0 Å². The summed E-state index contributed by atoms with van der Waals surface area (Å²) in [4.78, 5) is 39.3. The van der Waals surface area contributed by atoms with Crippen LogP contribution in [0.4, 0.5) is 8.78 Å². The van der Waals surface area contributed by atoms with Gasteiger partial charge in [0.15, 0.2) is 5.43 Å². The molecule has 28 heavy (non-hydrogen) atoms. The van der Waals surface area contributed by atoms with Crippen LogP contribution in [0.25, 0.3) is 21.8 Å². The molecule has 0 aliphatic heterocycles. The van der Waals surface area contributed by atoms with Crippen LogP contribution in [0.15, 0.2) is 35.1 Å². The second-order valence-electron chi connectivity index (χ2n) is 6.55. The van der Waals surface area contributed by atoms with Gasteiger partial charge in [0.1, 0.15) is 11.6 Å². The van der Waals surface area contributed by atoms with Gasteiger partial charge in [0.05, 0.1) is 17.0 Å². The number of H-pyrrole nitrogens is 1. The van der Waals surface area contributed by atoms with Crippen LogP contribution < -0.4 is 10.7 Å². The van der Waals surface area contributed by atoms with Gasteiger partial charge in [0, 0.05) is 22.8 Å². The molecule has 0 bridgehead atoms. The van der Waals surface area contributed by atoms with E-state index in [4.69, 9.17) is 0 Å². The number of hydrogen-bond donors (Lipinski definition) is 3. The molecule has 6 nitrogen and oxygen atoms in total. The number of benzene rings is 2. The smallest absolute Gasteiger partial charge is 0.308 e. The Morgan fingerprint density at radius 2 is 1.86 bits per heavy atom. The number of carboxylic acids is 1. The maximum atomic E-state index is 14.1. The second-order valence-corrected chi connectivity index (χ2v) is 6.55. The van der Waals surface area contributed by atoms with Gasteiger partial charge in [-0.25, -0.2) is 8.78 Å². The van der Waals surface area contributed by atoms with Crippen molar-refractivity contribution >= 4 is 33.7 Å². The van der Waals surface area contributed by atoms with E-state index in [-0.39, 0.29) is 28.4 Å². The van der Waals surface area contributed by atoms with Crippen molar-refractivity contribution in [3.8, 4) is 0 Å². The summed E-state index contributed by atoms with van der Waals surface area (Å²) >= 11 is 0. The maximum Gasteiger partial charge on any atom is 0.308 e. The number of halogens is 2. The first-order chi connectivity index (χ1) is 13.3. The average molecular weight is 388 g/mol. The summed E-state index contributed by atoms with van der Waals surface area (Å²) in [6, 6.07) is 5.51. The number of hydrogen-bond acceptors (Lipinski definition) is 3. The Hall–Kier alpha value is -3.29. The molecule has 1 unspecified atom stereocenters. The highest BCUT2D eigenvalue weighted by molar-refractivity contribution is 6.07. The lowest BCUT2D eigenvalue weighted by Gasteiger charge is -2.13. The highest BCUT2D eigenvalue weighted by Gasteiger charge is 2.20. The van der Waals surface area contributed by atoms with Gasteiger partial charge in [0.2, 0.25) is 0 Å². The number of carbonyl (C=O) groups is 2. The Kier molecular flexibility index (Phi) is 5.39. The number of aromatic nitrogens is 1. The van der Waals surface area contributed by atoms with Crippen LogP contribution in [-0.4, -0.2) is 28.5 Å². The average Bonchev–Trinajstić information content (AvgIpc) is 2.65. The molecule has 8 heteroatoms. The number of carboxylic acid groups (broad SMARTS) is 1. The van der Waals surface area contributed by atoms with Crippen LogP contribution >= 0.6 is 0 Å². The molecule has 1 atom stereocenters. The van der Waals surface area contributed by atoms with Gasteiger partial charge < -0.3 is 15.4 Å². The summed E-state index contributed by atoms with van der Waals surface area (Å²) in [5, 5.41) is 11.6. The molecule has 0 aliphatic rings. The van der Waals surface area contributed by atoms with Crippen molar-refractivity contribution in [2.24, 2.45) is 5.92 Å². The number of aromatic amines is 1. The molecule has 3 N–H and O–H groups in total. The molecule has 2 aromatic carbocycles. The lowest BCUT2D eigenvalue weighted by Crippen LogP contribution is -2.33. The molecular formula is C20H18F2N2O4. The third kappa shape index (κ3) is 3.71. The number of aliphatic carboxylic acids is 1. The second kappa shape index (κ2) is 7.75. The first-order valence-corrected chi connectivity index (χ1v) is 8.77. The number of carbonyl (C=O) groups excluding carboxylic acids is 1. The SMILES string of the molecule is CCCC(CNC(=O)c1cc(F)cc2c(=O)c3cc(F)ccc3[nH]c12)C(=O)O. The monoisotopic (exact) mass is 388 g/mol. The van der Waals surface area contributed by atoms with Crippen molar-refractivity contribution in [2.75, 3.05) is 6.54 Å². The van der Waals surface area contributed by atoms with Crippen molar-refractivity contribution in [1.29, 1.82) is 0 Å². The Labute approximate surface area is 158 Å². The third-order valence-electron chi connectivity index (χ3n) is 4.57. The van der Waals surface area contributed by atoms with E-state index in [0.29, 0.717) is 18.4 Å². The predicted octanol–water partition coefficient (Wildman–Crippen LogP) is 3.19. The van der Waals surface area contributed by atoms with Crippen molar-refractivity contribution in [1.82, 2.24) is 10.3 Å². The summed E-state index contributed by atoms with van der Waals surface area (Å²) < 4.78 is 27.5. The van der Waals surface area contributed by atoms with Gasteiger partial charge >= 0.3 is 5.97 Å². The van der Waals surface area contributed by atoms with Crippen LogP contribution in [0.2, 0.25) is 0 Å². The van der Waals surface area contributed by atoms with Gasteiger partial charge in [-0.1, -0.05) is 13.3 Å². The fourth-order valence-electron chi connectivity index (χ4n) is 3.17. The zero-order valence-electron chi connectivity index (χ0n) is 15.0. The van der Waals surface area contributed by atoms with E-state index in [2.05, 4.69) is 10.3 Å². The molecule has 1 amide bonds. The van der Waals surface area contributed by atoms with Crippen molar-refractivity contribution in [3.05, 3.63) is 57.8 Å². The molecule has 1 aromatic heterocycles. The van der Waals surface area contributed by atoms with Gasteiger partial charge in [-0.3, -0.25) is 14.4 Å². The predicted molar refractivity (Wildman–Crippen MR) is 100 cm³/mol. The van der Waals surface area contributed by atoms with E-state index in [1.165, 1.54) is 6.07 Å². The van der Waals surface area contributed by atoms with E-state index >= 15 is 0 Å². The Balaban J connectivity index is 2.06. The largest absolute Gasteiger partial charge is 0.481 e. The standard InChI is InChI=1S/C20H18F2N2O4/c1-2-3-10(20(27)28)9-23-19(26)15-8-12(22)7-14-17(15)24-16-5-4-11(21)6-13(16)18(14)25/h4-8,10H,2-3,9H2,1H3,(H,23,26)(H,24,25)(H,27,28). The minimum Gasteiger partial charge on any atom is -0.481 e. The van der Waals surface area contributed by atoms with Crippen molar-refractivity contribution in [2.45, 2.75) is 19.8 Å². The van der Waals surface area contributed by atoms with Gasteiger partial charge in [0.25, 0.3) is 5.91 Å². The molecule has 0 spiro atoms. The fourth-order valence-corrected chi connectivity index (χ4v) is 3.17.